The zero-order chi connectivity index (χ0) is 16.2. The van der Waals surface area contributed by atoms with Crippen LogP contribution < -0.4 is 5.73 Å². The molecule has 7 nitrogen and oxygen atoms in total. The van der Waals surface area contributed by atoms with E-state index in [0.29, 0.717) is 13.1 Å². The molecular weight excluding hydrogens is 318 g/mol. The molecule has 1 amide bonds. The molecule has 0 spiro atoms. The zero-order valence-electron chi connectivity index (χ0n) is 12.5. The number of H-pyrrole nitrogens is 1. The van der Waals surface area contributed by atoms with Gasteiger partial charge in [0, 0.05) is 32.1 Å². The van der Waals surface area contributed by atoms with E-state index in [1.54, 1.807) is 17.3 Å². The van der Waals surface area contributed by atoms with Crippen molar-refractivity contribution in [3.63, 3.8) is 0 Å². The Morgan fingerprint density at radius 2 is 2.26 bits per heavy atom. The van der Waals surface area contributed by atoms with Gasteiger partial charge in [-0.05, 0) is 30.5 Å². The van der Waals surface area contributed by atoms with Crippen LogP contribution in [0.4, 0.5) is 5.82 Å². The van der Waals surface area contributed by atoms with Gasteiger partial charge < -0.3 is 15.4 Å². The molecule has 0 radical (unpaired) electrons. The highest BCUT2D eigenvalue weighted by Gasteiger charge is 2.26. The number of amides is 1. The van der Waals surface area contributed by atoms with Crippen molar-refractivity contribution in [1.29, 1.82) is 0 Å². The van der Waals surface area contributed by atoms with E-state index in [1.165, 1.54) is 0 Å². The quantitative estimate of drug-likeness (QED) is 0.869. The summed E-state index contributed by atoms with van der Waals surface area (Å²) in [5, 5.41) is 6.56. The number of nitrogens with one attached hydrogen (secondary N) is 1. The fraction of sp³-hybridized carbons (Fsp3) is 0.400. The van der Waals surface area contributed by atoms with Gasteiger partial charge in [0.2, 0.25) is 0 Å². The van der Waals surface area contributed by atoms with Gasteiger partial charge in [-0.25, -0.2) is 0 Å². The Labute approximate surface area is 138 Å². The van der Waals surface area contributed by atoms with E-state index in [1.807, 2.05) is 12.1 Å². The minimum atomic E-state index is -0.244. The van der Waals surface area contributed by atoms with Gasteiger partial charge in [0.25, 0.3) is 5.91 Å². The van der Waals surface area contributed by atoms with Gasteiger partial charge in [-0.15, -0.1) is 0 Å². The molecule has 1 atom stereocenters. The number of hydrogen-bond donors (Lipinski definition) is 2. The van der Waals surface area contributed by atoms with Crippen molar-refractivity contribution in [2.24, 2.45) is 0 Å². The molecule has 1 fully saturated rings. The summed E-state index contributed by atoms with van der Waals surface area (Å²) >= 11 is 6.06. The Morgan fingerprint density at radius 1 is 1.48 bits per heavy atom. The summed E-state index contributed by atoms with van der Waals surface area (Å²) < 4.78 is 5.65. The molecule has 23 heavy (non-hydrogen) atoms. The predicted molar refractivity (Wildman–Crippen MR) is 86.0 cm³/mol. The third-order valence-corrected chi connectivity index (χ3v) is 4.19. The van der Waals surface area contributed by atoms with E-state index in [-0.39, 0.29) is 28.5 Å². The Morgan fingerprint density at radius 3 is 2.87 bits per heavy atom. The van der Waals surface area contributed by atoms with Crippen molar-refractivity contribution < 1.29 is 9.53 Å². The number of anilines is 1. The Balaban J connectivity index is 1.81. The zero-order valence-corrected chi connectivity index (χ0v) is 13.3. The first-order chi connectivity index (χ1) is 11.1. The molecule has 8 heteroatoms. The largest absolute Gasteiger partial charge is 0.381 e. The van der Waals surface area contributed by atoms with Crippen LogP contribution in [0.3, 0.4) is 0 Å². The molecule has 1 aliphatic rings. The maximum Gasteiger partial charge on any atom is 0.273 e. The molecule has 0 saturated carbocycles. The Bertz CT molecular complexity index is 670. The second-order valence-electron chi connectivity index (χ2n) is 5.47. The van der Waals surface area contributed by atoms with Gasteiger partial charge in [-0.2, -0.15) is 5.10 Å². The van der Waals surface area contributed by atoms with Crippen molar-refractivity contribution in [2.75, 3.05) is 18.9 Å². The maximum atomic E-state index is 12.8. The summed E-state index contributed by atoms with van der Waals surface area (Å²) in [6.07, 6.45) is 5.40. The number of carbonyl (C=O) groups excluding carboxylic acids is 1. The van der Waals surface area contributed by atoms with Crippen LogP contribution in [-0.4, -0.2) is 45.2 Å². The molecule has 0 aliphatic carbocycles. The van der Waals surface area contributed by atoms with Crippen molar-refractivity contribution >= 4 is 23.3 Å². The van der Waals surface area contributed by atoms with E-state index in [9.17, 15) is 4.79 Å². The first-order valence-corrected chi connectivity index (χ1v) is 7.82. The summed E-state index contributed by atoms with van der Waals surface area (Å²) in [6.45, 7) is 1.67. The molecule has 0 aromatic carbocycles. The van der Waals surface area contributed by atoms with Gasteiger partial charge in [0.1, 0.15) is 10.7 Å². The second-order valence-corrected chi connectivity index (χ2v) is 5.85. The minimum Gasteiger partial charge on any atom is -0.381 e. The van der Waals surface area contributed by atoms with Gasteiger partial charge in [0.15, 0.2) is 5.82 Å². The summed E-state index contributed by atoms with van der Waals surface area (Å²) in [5.41, 5.74) is 6.80. The van der Waals surface area contributed by atoms with E-state index >= 15 is 0 Å². The number of aromatic amines is 1. The summed E-state index contributed by atoms with van der Waals surface area (Å²) in [5.74, 6) is -0.123. The average Bonchev–Trinajstić information content (AvgIpc) is 3.18. The SMILES string of the molecule is Nc1n[nH]c(C(=O)N(Cc2ccncc2)C[C@@H]2CCCO2)c1Cl. The molecule has 2 aromatic rings. The van der Waals surface area contributed by atoms with Gasteiger partial charge in [-0.3, -0.25) is 14.9 Å². The molecule has 2 aromatic heterocycles. The molecule has 3 heterocycles. The smallest absolute Gasteiger partial charge is 0.273 e. The van der Waals surface area contributed by atoms with E-state index in [0.717, 1.165) is 25.0 Å². The Kier molecular flexibility index (Phi) is 4.78. The van der Waals surface area contributed by atoms with Crippen molar-refractivity contribution in [3.05, 3.63) is 40.8 Å². The number of aromatic nitrogens is 3. The lowest BCUT2D eigenvalue weighted by Crippen LogP contribution is -2.37. The van der Waals surface area contributed by atoms with Crippen molar-refractivity contribution in [1.82, 2.24) is 20.1 Å². The molecular formula is C15H18ClN5O2. The number of rotatable bonds is 5. The van der Waals surface area contributed by atoms with Crippen LogP contribution in [-0.2, 0) is 11.3 Å². The molecule has 3 rings (SSSR count). The van der Waals surface area contributed by atoms with Crippen LogP contribution in [0.2, 0.25) is 5.02 Å². The summed E-state index contributed by atoms with van der Waals surface area (Å²) in [6, 6.07) is 3.75. The highest BCUT2D eigenvalue weighted by atomic mass is 35.5. The van der Waals surface area contributed by atoms with Crippen LogP contribution in [0.1, 0.15) is 28.9 Å². The number of ether oxygens (including phenoxy) is 1. The number of nitrogen functional groups attached to an aromatic ring is 1. The van der Waals surface area contributed by atoms with Crippen molar-refractivity contribution in [3.8, 4) is 0 Å². The monoisotopic (exact) mass is 335 g/mol. The lowest BCUT2D eigenvalue weighted by Gasteiger charge is -2.25. The second kappa shape index (κ2) is 6.97. The minimum absolute atomic E-state index is 0.0415. The van der Waals surface area contributed by atoms with E-state index in [2.05, 4.69) is 15.2 Å². The topological polar surface area (TPSA) is 97.1 Å². The average molecular weight is 336 g/mol. The number of hydrogen-bond acceptors (Lipinski definition) is 5. The lowest BCUT2D eigenvalue weighted by molar-refractivity contribution is 0.0503. The molecule has 0 bridgehead atoms. The Hall–Kier alpha value is -2.12. The highest BCUT2D eigenvalue weighted by Crippen LogP contribution is 2.23. The molecule has 1 saturated heterocycles. The fourth-order valence-electron chi connectivity index (χ4n) is 2.60. The van der Waals surface area contributed by atoms with Crippen LogP contribution in [0.5, 0.6) is 0 Å². The lowest BCUT2D eigenvalue weighted by atomic mass is 10.2. The predicted octanol–water partition coefficient (Wildman–Crippen LogP) is 1.86. The molecule has 0 unspecified atom stereocenters. The summed E-state index contributed by atoms with van der Waals surface area (Å²) in [7, 11) is 0. The number of halogens is 1. The van der Waals surface area contributed by atoms with Gasteiger partial charge >= 0.3 is 0 Å². The molecule has 122 valence electrons. The third kappa shape index (κ3) is 3.62. The van der Waals surface area contributed by atoms with Crippen molar-refractivity contribution in [2.45, 2.75) is 25.5 Å². The van der Waals surface area contributed by atoms with Crippen LogP contribution in [0.25, 0.3) is 0 Å². The van der Waals surface area contributed by atoms with Crippen LogP contribution in [0, 0.1) is 0 Å². The normalized spacial score (nSPS) is 17.3. The first-order valence-electron chi connectivity index (χ1n) is 7.44. The highest BCUT2D eigenvalue weighted by molar-refractivity contribution is 6.35. The van der Waals surface area contributed by atoms with E-state index < -0.39 is 0 Å². The number of nitrogens with two attached hydrogens (primary N) is 1. The van der Waals surface area contributed by atoms with Crippen LogP contribution >= 0.6 is 11.6 Å². The molecule has 3 N–H and O–H groups in total. The fourth-order valence-corrected chi connectivity index (χ4v) is 2.77. The van der Waals surface area contributed by atoms with E-state index in [4.69, 9.17) is 22.1 Å². The number of carbonyl (C=O) groups is 1. The number of pyridine rings is 1. The third-order valence-electron chi connectivity index (χ3n) is 3.80. The standard InChI is InChI=1S/C15H18ClN5O2/c16-12-13(19-20-14(12)17)15(22)21(9-11-2-1-7-23-11)8-10-3-5-18-6-4-10/h3-6,11H,1-2,7-9H2,(H3,17,19,20)/t11-/m0/s1. The van der Waals surface area contributed by atoms with Gasteiger partial charge in [-0.1, -0.05) is 11.6 Å². The van der Waals surface area contributed by atoms with Crippen LogP contribution in [0.15, 0.2) is 24.5 Å². The first kappa shape index (κ1) is 15.8. The summed E-state index contributed by atoms with van der Waals surface area (Å²) in [4.78, 5) is 18.5. The van der Waals surface area contributed by atoms with Gasteiger partial charge in [0.05, 0.1) is 6.10 Å². The number of nitrogens with zero attached hydrogens (tertiary/aromatic N) is 3. The maximum absolute atomic E-state index is 12.8. The molecule has 1 aliphatic heterocycles.